The van der Waals surface area contributed by atoms with Crippen molar-refractivity contribution in [1.82, 2.24) is 29.9 Å². The van der Waals surface area contributed by atoms with E-state index in [9.17, 15) is 4.79 Å². The van der Waals surface area contributed by atoms with Gasteiger partial charge in [0.05, 0.1) is 12.8 Å². The number of carbonyl (C=O) groups is 1. The van der Waals surface area contributed by atoms with Gasteiger partial charge in [-0.05, 0) is 25.0 Å². The third-order valence-corrected chi connectivity index (χ3v) is 5.61. The van der Waals surface area contributed by atoms with Crippen LogP contribution in [0.25, 0.3) is 16.9 Å². The van der Waals surface area contributed by atoms with Crippen LogP contribution in [0.2, 0.25) is 0 Å². The first-order valence-corrected chi connectivity index (χ1v) is 10.1. The van der Waals surface area contributed by atoms with Crippen molar-refractivity contribution in [2.45, 2.75) is 18.9 Å². The van der Waals surface area contributed by atoms with E-state index in [-0.39, 0.29) is 12.0 Å². The first kappa shape index (κ1) is 18.7. The molecule has 2 fully saturated rings. The van der Waals surface area contributed by atoms with Crippen LogP contribution in [0.3, 0.4) is 0 Å². The first-order chi connectivity index (χ1) is 14.7. The lowest BCUT2D eigenvalue weighted by Gasteiger charge is -2.36. The minimum absolute atomic E-state index is 0.101. The molecule has 1 aromatic carbocycles. The molecule has 0 spiro atoms. The summed E-state index contributed by atoms with van der Waals surface area (Å²) in [6.45, 7) is 3.30. The Kier molecular flexibility index (Phi) is 4.91. The highest BCUT2D eigenvalue weighted by molar-refractivity contribution is 5.84. The Morgan fingerprint density at radius 3 is 2.83 bits per heavy atom. The quantitative estimate of drug-likeness (QED) is 0.631. The van der Waals surface area contributed by atoms with Gasteiger partial charge in [0.2, 0.25) is 0 Å². The number of carbonyl (C=O) groups excluding carboxylic acids is 1. The van der Waals surface area contributed by atoms with Gasteiger partial charge in [-0.25, -0.2) is 9.97 Å². The van der Waals surface area contributed by atoms with Crippen LogP contribution < -0.4 is 9.64 Å². The summed E-state index contributed by atoms with van der Waals surface area (Å²) in [7, 11) is 1.63. The van der Waals surface area contributed by atoms with Crippen LogP contribution in [0, 0.1) is 0 Å². The van der Waals surface area contributed by atoms with Crippen LogP contribution in [0.1, 0.15) is 12.8 Å². The molecule has 2 aliphatic heterocycles. The smallest absolute Gasteiger partial charge is 0.251 e. The van der Waals surface area contributed by atoms with Crippen molar-refractivity contribution in [1.29, 1.82) is 0 Å². The van der Waals surface area contributed by atoms with E-state index in [1.807, 2.05) is 29.2 Å². The van der Waals surface area contributed by atoms with Crippen LogP contribution in [0.4, 0.5) is 5.82 Å². The van der Waals surface area contributed by atoms with Crippen LogP contribution in [-0.4, -0.2) is 81.8 Å². The standard InChI is InChI=1S/C20H23N7O3/c1-29-15-5-2-4-14(12-15)27-19-17(23-24-27)18(21-13-22-19)25-7-9-26(10-8-25)20(28)16-6-3-11-30-16/h2,4-5,12-13,16H,3,6-11H2,1H3/t16-/m1/s1. The number of piperazine rings is 1. The monoisotopic (exact) mass is 409 g/mol. The van der Waals surface area contributed by atoms with Crippen molar-refractivity contribution < 1.29 is 14.3 Å². The molecule has 10 nitrogen and oxygen atoms in total. The van der Waals surface area contributed by atoms with E-state index in [0.717, 1.165) is 30.1 Å². The number of nitrogens with zero attached hydrogens (tertiary/aromatic N) is 7. The molecule has 1 amide bonds. The minimum atomic E-state index is -0.273. The molecule has 30 heavy (non-hydrogen) atoms. The Balaban J connectivity index is 1.37. The van der Waals surface area contributed by atoms with Gasteiger partial charge in [-0.2, -0.15) is 4.68 Å². The third-order valence-electron chi connectivity index (χ3n) is 5.61. The Bertz CT molecular complexity index is 1060. The number of ether oxygens (including phenoxy) is 2. The molecule has 0 saturated carbocycles. The number of hydrogen-bond donors (Lipinski definition) is 0. The summed E-state index contributed by atoms with van der Waals surface area (Å²) < 4.78 is 12.5. The molecule has 156 valence electrons. The fourth-order valence-corrected chi connectivity index (χ4v) is 4.00. The number of amides is 1. The van der Waals surface area contributed by atoms with Gasteiger partial charge in [0.25, 0.3) is 5.91 Å². The maximum Gasteiger partial charge on any atom is 0.251 e. The lowest BCUT2D eigenvalue weighted by molar-refractivity contribution is -0.141. The summed E-state index contributed by atoms with van der Waals surface area (Å²) in [5, 5.41) is 8.64. The summed E-state index contributed by atoms with van der Waals surface area (Å²) in [4.78, 5) is 25.5. The fourth-order valence-electron chi connectivity index (χ4n) is 4.00. The summed E-state index contributed by atoms with van der Waals surface area (Å²) in [5.74, 6) is 1.57. The second-order valence-electron chi connectivity index (χ2n) is 7.39. The number of anilines is 1. The highest BCUT2D eigenvalue weighted by atomic mass is 16.5. The Morgan fingerprint density at radius 2 is 2.07 bits per heavy atom. The van der Waals surface area contributed by atoms with E-state index in [1.165, 1.54) is 6.33 Å². The van der Waals surface area contributed by atoms with Gasteiger partial charge in [0.15, 0.2) is 17.0 Å². The zero-order valence-electron chi connectivity index (χ0n) is 16.8. The molecular formula is C20H23N7O3. The molecule has 0 unspecified atom stereocenters. The number of benzene rings is 1. The van der Waals surface area contributed by atoms with Gasteiger partial charge < -0.3 is 19.3 Å². The highest BCUT2D eigenvalue weighted by Crippen LogP contribution is 2.25. The SMILES string of the molecule is COc1cccc(-n2nnc3c(N4CCN(C(=O)[C@H]5CCCO5)CC4)ncnc32)c1. The van der Waals surface area contributed by atoms with E-state index >= 15 is 0 Å². The first-order valence-electron chi connectivity index (χ1n) is 10.1. The Hall–Kier alpha value is -3.27. The lowest BCUT2D eigenvalue weighted by atomic mass is 10.2. The largest absolute Gasteiger partial charge is 0.497 e. The molecule has 0 aliphatic carbocycles. The zero-order valence-corrected chi connectivity index (χ0v) is 16.8. The maximum atomic E-state index is 12.6. The molecule has 0 radical (unpaired) electrons. The van der Waals surface area contributed by atoms with E-state index in [2.05, 4.69) is 25.2 Å². The van der Waals surface area contributed by atoms with E-state index in [0.29, 0.717) is 43.9 Å². The molecule has 0 N–H and O–H groups in total. The number of fused-ring (bicyclic) bond motifs is 1. The van der Waals surface area contributed by atoms with E-state index in [4.69, 9.17) is 9.47 Å². The van der Waals surface area contributed by atoms with Gasteiger partial charge in [-0.1, -0.05) is 11.3 Å². The molecule has 2 aliphatic rings. The van der Waals surface area contributed by atoms with Gasteiger partial charge in [-0.3, -0.25) is 4.79 Å². The predicted octanol–water partition coefficient (Wildman–Crippen LogP) is 1.05. The van der Waals surface area contributed by atoms with Crippen LogP contribution in [-0.2, 0) is 9.53 Å². The molecule has 2 saturated heterocycles. The number of methoxy groups -OCH3 is 1. The Labute approximate surface area is 173 Å². The molecule has 2 aromatic heterocycles. The van der Waals surface area contributed by atoms with Crippen LogP contribution in [0.15, 0.2) is 30.6 Å². The van der Waals surface area contributed by atoms with Crippen molar-refractivity contribution in [3.63, 3.8) is 0 Å². The third kappa shape index (κ3) is 3.32. The topological polar surface area (TPSA) is 98.5 Å². The average Bonchev–Trinajstić information content (AvgIpc) is 3.49. The Morgan fingerprint density at radius 1 is 1.20 bits per heavy atom. The van der Waals surface area contributed by atoms with Crippen molar-refractivity contribution >= 4 is 22.9 Å². The maximum absolute atomic E-state index is 12.6. The van der Waals surface area contributed by atoms with Gasteiger partial charge >= 0.3 is 0 Å². The fraction of sp³-hybridized carbons (Fsp3) is 0.450. The van der Waals surface area contributed by atoms with Crippen molar-refractivity contribution in [2.24, 2.45) is 0 Å². The molecule has 4 heterocycles. The zero-order chi connectivity index (χ0) is 20.5. The molecule has 10 heteroatoms. The predicted molar refractivity (Wildman–Crippen MR) is 109 cm³/mol. The lowest BCUT2D eigenvalue weighted by Crippen LogP contribution is -2.51. The molecule has 1 atom stereocenters. The number of hydrogen-bond acceptors (Lipinski definition) is 8. The normalized spacial score (nSPS) is 19.4. The average molecular weight is 409 g/mol. The summed E-state index contributed by atoms with van der Waals surface area (Å²) >= 11 is 0. The van der Waals surface area contributed by atoms with Gasteiger partial charge in [0, 0.05) is 38.9 Å². The molecular weight excluding hydrogens is 386 g/mol. The molecule has 5 rings (SSSR count). The van der Waals surface area contributed by atoms with E-state index in [1.54, 1.807) is 11.8 Å². The highest BCUT2D eigenvalue weighted by Gasteiger charge is 2.31. The minimum Gasteiger partial charge on any atom is -0.497 e. The van der Waals surface area contributed by atoms with Crippen LogP contribution >= 0.6 is 0 Å². The summed E-state index contributed by atoms with van der Waals surface area (Å²) in [6, 6.07) is 7.58. The van der Waals surface area contributed by atoms with Crippen molar-refractivity contribution in [3.05, 3.63) is 30.6 Å². The number of rotatable bonds is 4. The van der Waals surface area contributed by atoms with E-state index < -0.39 is 0 Å². The van der Waals surface area contributed by atoms with Crippen molar-refractivity contribution in [2.75, 3.05) is 44.8 Å². The van der Waals surface area contributed by atoms with Gasteiger partial charge in [0.1, 0.15) is 18.2 Å². The van der Waals surface area contributed by atoms with Crippen molar-refractivity contribution in [3.8, 4) is 11.4 Å². The second-order valence-corrected chi connectivity index (χ2v) is 7.39. The molecule has 0 bridgehead atoms. The summed E-state index contributed by atoms with van der Waals surface area (Å²) in [5.41, 5.74) is 2.08. The second kappa shape index (κ2) is 7.86. The van der Waals surface area contributed by atoms with Crippen LogP contribution in [0.5, 0.6) is 5.75 Å². The molecule has 3 aromatic rings. The summed E-state index contributed by atoms with van der Waals surface area (Å²) in [6.07, 6.45) is 3.03. The van der Waals surface area contributed by atoms with Gasteiger partial charge in [-0.15, -0.1) is 5.10 Å². The number of aromatic nitrogens is 5.